The lowest BCUT2D eigenvalue weighted by Crippen LogP contribution is -2.62. The number of phenols is 1. The lowest BCUT2D eigenvalue weighted by molar-refractivity contribution is -0.122. The molecule has 9 nitrogen and oxygen atoms in total. The van der Waals surface area contributed by atoms with Crippen molar-refractivity contribution < 1.29 is 29.6 Å². The number of likely N-dealkylation sites (tertiary alicyclic amines) is 1. The fourth-order valence-corrected chi connectivity index (χ4v) is 3.71. The zero-order chi connectivity index (χ0) is 19.6. The molecule has 1 aromatic rings. The largest absolute Gasteiger partial charge is 0.507 e. The molecule has 2 aliphatic rings. The second kappa shape index (κ2) is 8.16. The molecule has 2 fully saturated rings. The fraction of sp³-hybridized carbons (Fsp3) is 0.529. The first kappa shape index (κ1) is 19.5. The van der Waals surface area contributed by atoms with Crippen molar-refractivity contribution in [2.75, 3.05) is 19.6 Å². The smallest absolute Gasteiger partial charge is 0.343 e. The fourth-order valence-electron chi connectivity index (χ4n) is 3.71. The molecule has 2 aliphatic heterocycles. The topological polar surface area (TPSA) is 145 Å². The number of nitrogens with two attached hydrogens (primary N) is 1. The standard InChI is InChI=1S/C17H23BN3O6/c19-16(23)14-11(4-6-20-14)21-7-10(8-21)27-12-2-1-9(3-5-18-26)15(22)13(12)17(24)25/h1-2,10-11,14,20,22,26H,3-8H2,(H2,19,23)(H,24,25)/t11-,14+/m1/s1. The number of aryl methyl sites for hydroxylation is 1. The molecule has 2 saturated heterocycles. The van der Waals surface area contributed by atoms with Gasteiger partial charge in [0.2, 0.25) is 5.91 Å². The second-order valence-electron chi connectivity index (χ2n) is 6.86. The number of rotatable bonds is 8. The first-order valence-electron chi connectivity index (χ1n) is 8.89. The Morgan fingerprint density at radius 1 is 1.37 bits per heavy atom. The van der Waals surface area contributed by atoms with Crippen LogP contribution in [0.25, 0.3) is 0 Å². The maximum atomic E-state index is 11.6. The summed E-state index contributed by atoms with van der Waals surface area (Å²) in [6, 6.07) is 2.77. The molecule has 10 heteroatoms. The molecule has 1 radical (unpaired) electrons. The minimum absolute atomic E-state index is 0.0202. The van der Waals surface area contributed by atoms with E-state index < -0.39 is 5.97 Å². The molecule has 3 rings (SSSR count). The van der Waals surface area contributed by atoms with Crippen LogP contribution < -0.4 is 15.8 Å². The lowest BCUT2D eigenvalue weighted by atomic mass is 9.90. The Morgan fingerprint density at radius 3 is 2.74 bits per heavy atom. The number of carbonyl (C=O) groups is 2. The van der Waals surface area contributed by atoms with Gasteiger partial charge < -0.3 is 31.0 Å². The van der Waals surface area contributed by atoms with Gasteiger partial charge >= 0.3 is 5.97 Å². The quantitative estimate of drug-likeness (QED) is 0.361. The van der Waals surface area contributed by atoms with Crippen molar-refractivity contribution in [1.82, 2.24) is 10.2 Å². The van der Waals surface area contributed by atoms with Crippen molar-refractivity contribution >= 4 is 19.4 Å². The van der Waals surface area contributed by atoms with Gasteiger partial charge in [0, 0.05) is 19.1 Å². The van der Waals surface area contributed by atoms with E-state index in [2.05, 4.69) is 10.2 Å². The van der Waals surface area contributed by atoms with Crippen LogP contribution in [0.15, 0.2) is 12.1 Å². The predicted octanol–water partition coefficient (Wildman–Crippen LogP) is -1.06. The average Bonchev–Trinajstić information content (AvgIpc) is 3.05. The summed E-state index contributed by atoms with van der Waals surface area (Å²) in [4.78, 5) is 25.2. The van der Waals surface area contributed by atoms with Crippen LogP contribution in [-0.2, 0) is 11.2 Å². The number of carboxylic acid groups (broad SMARTS) is 1. The summed E-state index contributed by atoms with van der Waals surface area (Å²) >= 11 is 0. The molecule has 2 heterocycles. The molecule has 27 heavy (non-hydrogen) atoms. The van der Waals surface area contributed by atoms with E-state index in [9.17, 15) is 19.8 Å². The van der Waals surface area contributed by atoms with Crippen LogP contribution in [0.4, 0.5) is 0 Å². The van der Waals surface area contributed by atoms with Crippen molar-refractivity contribution in [3.63, 3.8) is 0 Å². The van der Waals surface area contributed by atoms with Gasteiger partial charge in [0.05, 0.1) is 0 Å². The highest BCUT2D eigenvalue weighted by molar-refractivity contribution is 6.25. The molecule has 0 bridgehead atoms. The average molecular weight is 376 g/mol. The van der Waals surface area contributed by atoms with Gasteiger partial charge in [0.25, 0.3) is 7.48 Å². The van der Waals surface area contributed by atoms with E-state index >= 15 is 0 Å². The highest BCUT2D eigenvalue weighted by atomic mass is 16.5. The number of benzene rings is 1. The molecular weight excluding hydrogens is 353 g/mol. The number of hydrogen-bond donors (Lipinski definition) is 5. The summed E-state index contributed by atoms with van der Waals surface area (Å²) in [5.74, 6) is -1.89. The number of nitrogens with one attached hydrogen (secondary N) is 1. The Bertz CT molecular complexity index is 725. The molecule has 0 saturated carbocycles. The summed E-state index contributed by atoms with van der Waals surface area (Å²) < 4.78 is 5.79. The Hall–Kier alpha value is -2.30. The molecule has 1 aromatic carbocycles. The maximum Gasteiger partial charge on any atom is 0.343 e. The lowest BCUT2D eigenvalue weighted by Gasteiger charge is -2.44. The van der Waals surface area contributed by atoms with E-state index in [1.807, 2.05) is 0 Å². The molecule has 0 spiro atoms. The van der Waals surface area contributed by atoms with E-state index in [0.717, 1.165) is 20.4 Å². The van der Waals surface area contributed by atoms with Crippen molar-refractivity contribution in [2.45, 2.75) is 37.3 Å². The molecule has 0 aliphatic carbocycles. The van der Waals surface area contributed by atoms with Crippen molar-refractivity contribution in [3.8, 4) is 11.5 Å². The third-order valence-corrected chi connectivity index (χ3v) is 5.11. The first-order chi connectivity index (χ1) is 12.9. The van der Waals surface area contributed by atoms with Gasteiger partial charge in [-0.1, -0.05) is 6.07 Å². The van der Waals surface area contributed by atoms with Crippen LogP contribution in [0, 0.1) is 0 Å². The monoisotopic (exact) mass is 376 g/mol. The zero-order valence-electron chi connectivity index (χ0n) is 14.8. The van der Waals surface area contributed by atoms with E-state index in [1.165, 1.54) is 6.07 Å². The van der Waals surface area contributed by atoms with Crippen LogP contribution in [0.3, 0.4) is 0 Å². The summed E-state index contributed by atoms with van der Waals surface area (Å²) in [5.41, 5.74) is 5.57. The summed E-state index contributed by atoms with van der Waals surface area (Å²) in [7, 11) is 0.963. The van der Waals surface area contributed by atoms with Gasteiger partial charge in [-0.25, -0.2) is 4.79 Å². The molecule has 145 valence electrons. The van der Waals surface area contributed by atoms with Gasteiger partial charge in [-0.3, -0.25) is 9.69 Å². The Balaban J connectivity index is 1.66. The van der Waals surface area contributed by atoms with E-state index in [4.69, 9.17) is 15.5 Å². The molecule has 2 atom stereocenters. The minimum atomic E-state index is -1.28. The maximum absolute atomic E-state index is 11.6. The summed E-state index contributed by atoms with van der Waals surface area (Å²) in [6.07, 6.45) is 1.22. The Morgan fingerprint density at radius 2 is 2.11 bits per heavy atom. The van der Waals surface area contributed by atoms with E-state index in [0.29, 0.717) is 31.4 Å². The number of nitrogens with zero attached hydrogens (tertiary/aromatic N) is 1. The van der Waals surface area contributed by atoms with E-state index in [-0.39, 0.29) is 41.2 Å². The number of primary amides is 1. The van der Waals surface area contributed by atoms with Crippen molar-refractivity contribution in [3.05, 3.63) is 23.3 Å². The third-order valence-electron chi connectivity index (χ3n) is 5.11. The predicted molar refractivity (Wildman–Crippen MR) is 96.9 cm³/mol. The minimum Gasteiger partial charge on any atom is -0.507 e. The second-order valence-corrected chi connectivity index (χ2v) is 6.86. The number of carboxylic acids is 1. The van der Waals surface area contributed by atoms with E-state index in [1.54, 1.807) is 6.07 Å². The number of amides is 1. The summed E-state index contributed by atoms with van der Waals surface area (Å²) in [5, 5.41) is 31.6. The number of ether oxygens (including phenoxy) is 1. The van der Waals surface area contributed by atoms with Crippen LogP contribution in [0.2, 0.25) is 6.32 Å². The Kier molecular flexibility index (Phi) is 5.88. The molecule has 0 aromatic heterocycles. The van der Waals surface area contributed by atoms with Gasteiger partial charge in [-0.2, -0.15) is 0 Å². The van der Waals surface area contributed by atoms with Gasteiger partial charge in [-0.15, -0.1) is 0 Å². The molecule has 0 unspecified atom stereocenters. The molecule has 1 amide bonds. The molecule has 6 N–H and O–H groups in total. The van der Waals surface area contributed by atoms with Crippen LogP contribution in [-0.4, -0.2) is 77.3 Å². The third kappa shape index (κ3) is 4.02. The normalized spacial score (nSPS) is 23.0. The number of hydrogen-bond acceptors (Lipinski definition) is 7. The van der Waals surface area contributed by atoms with Crippen molar-refractivity contribution in [1.29, 1.82) is 0 Å². The highest BCUT2D eigenvalue weighted by Crippen LogP contribution is 2.34. The molecular formula is C17H23BN3O6. The number of carbonyl (C=O) groups excluding carboxylic acids is 1. The number of aromatic carboxylic acids is 1. The van der Waals surface area contributed by atoms with Crippen molar-refractivity contribution in [2.24, 2.45) is 5.73 Å². The first-order valence-corrected chi connectivity index (χ1v) is 8.89. The van der Waals surface area contributed by atoms with Gasteiger partial charge in [-0.05, 0) is 37.3 Å². The van der Waals surface area contributed by atoms with Crippen LogP contribution >= 0.6 is 0 Å². The highest BCUT2D eigenvalue weighted by Gasteiger charge is 2.42. The number of aromatic hydroxyl groups is 1. The van der Waals surface area contributed by atoms with Crippen LogP contribution in [0.5, 0.6) is 11.5 Å². The zero-order valence-corrected chi connectivity index (χ0v) is 14.8. The SMILES string of the molecule is NC(=O)[C@H]1NCC[C@H]1N1CC(Oc2ccc(CC[B]O)c(O)c2C(=O)O)C1. The summed E-state index contributed by atoms with van der Waals surface area (Å²) in [6.45, 7) is 1.83. The van der Waals surface area contributed by atoms with Crippen LogP contribution in [0.1, 0.15) is 22.3 Å². The van der Waals surface area contributed by atoms with Gasteiger partial charge in [0.15, 0.2) is 0 Å². The van der Waals surface area contributed by atoms with Gasteiger partial charge in [0.1, 0.15) is 29.2 Å². The Labute approximate surface area is 157 Å².